The molecule has 0 bridgehead atoms. The van der Waals surface area contributed by atoms with Crippen molar-refractivity contribution in [1.82, 2.24) is 0 Å². The van der Waals surface area contributed by atoms with E-state index in [0.717, 1.165) is 17.8 Å². The van der Waals surface area contributed by atoms with Crippen LogP contribution in [-0.4, -0.2) is 20.0 Å². The van der Waals surface area contributed by atoms with E-state index in [1.807, 2.05) is 31.1 Å². The van der Waals surface area contributed by atoms with E-state index in [1.54, 1.807) is 12.1 Å². The van der Waals surface area contributed by atoms with E-state index < -0.39 is 11.7 Å². The highest BCUT2D eigenvalue weighted by molar-refractivity contribution is 5.95. The molecule has 0 aliphatic rings. The second kappa shape index (κ2) is 6.73. The van der Waals surface area contributed by atoms with Gasteiger partial charge in [-0.05, 0) is 29.8 Å². The number of alkyl halides is 3. The van der Waals surface area contributed by atoms with Crippen LogP contribution in [0.3, 0.4) is 0 Å². The standard InChI is InChI=1S/C17H17F3N2O/c1-22(2)15-6-4-3-5-14(15)21-16(23)11-12-7-9-13(10-8-12)17(18,19)20/h3-10H,11H2,1-2H3,(H,21,23). The number of benzene rings is 2. The zero-order valence-electron chi connectivity index (χ0n) is 12.8. The Morgan fingerprint density at radius 1 is 1.04 bits per heavy atom. The molecule has 0 saturated carbocycles. The minimum atomic E-state index is -4.37. The molecule has 2 aromatic rings. The van der Waals surface area contributed by atoms with Gasteiger partial charge in [-0.15, -0.1) is 0 Å². The molecule has 23 heavy (non-hydrogen) atoms. The van der Waals surface area contributed by atoms with Gasteiger partial charge in [0.25, 0.3) is 0 Å². The molecule has 0 heterocycles. The highest BCUT2D eigenvalue weighted by Crippen LogP contribution is 2.29. The van der Waals surface area contributed by atoms with Crippen LogP contribution < -0.4 is 10.2 Å². The average Bonchev–Trinajstić information content (AvgIpc) is 2.47. The van der Waals surface area contributed by atoms with Gasteiger partial charge in [0.05, 0.1) is 23.4 Å². The smallest absolute Gasteiger partial charge is 0.376 e. The van der Waals surface area contributed by atoms with Crippen molar-refractivity contribution in [3.8, 4) is 0 Å². The van der Waals surface area contributed by atoms with Crippen LogP contribution in [0.4, 0.5) is 24.5 Å². The second-order valence-corrected chi connectivity index (χ2v) is 5.33. The molecule has 6 heteroatoms. The molecule has 2 rings (SSSR count). The van der Waals surface area contributed by atoms with Gasteiger partial charge < -0.3 is 10.2 Å². The molecule has 0 aromatic heterocycles. The Balaban J connectivity index is 2.06. The van der Waals surface area contributed by atoms with E-state index in [0.29, 0.717) is 11.3 Å². The number of carbonyl (C=O) groups is 1. The summed E-state index contributed by atoms with van der Waals surface area (Å²) in [5, 5.41) is 2.78. The number of nitrogens with zero attached hydrogens (tertiary/aromatic N) is 1. The highest BCUT2D eigenvalue weighted by atomic mass is 19.4. The first-order chi connectivity index (χ1) is 10.8. The molecule has 3 nitrogen and oxygen atoms in total. The molecule has 1 N–H and O–H groups in total. The number of hydrogen-bond acceptors (Lipinski definition) is 2. The molecule has 0 aliphatic heterocycles. The van der Waals surface area contributed by atoms with E-state index in [-0.39, 0.29) is 12.3 Å². The molecule has 0 spiro atoms. The molecule has 0 saturated heterocycles. The maximum Gasteiger partial charge on any atom is 0.416 e. The molecule has 0 radical (unpaired) electrons. The summed E-state index contributed by atoms with van der Waals surface area (Å²) >= 11 is 0. The zero-order valence-corrected chi connectivity index (χ0v) is 12.8. The van der Waals surface area contributed by atoms with E-state index >= 15 is 0 Å². The fraction of sp³-hybridized carbons (Fsp3) is 0.235. The number of rotatable bonds is 4. The van der Waals surface area contributed by atoms with Gasteiger partial charge in [0, 0.05) is 14.1 Å². The monoisotopic (exact) mass is 322 g/mol. The lowest BCUT2D eigenvalue weighted by molar-refractivity contribution is -0.137. The van der Waals surface area contributed by atoms with Crippen LogP contribution in [0.1, 0.15) is 11.1 Å². The van der Waals surface area contributed by atoms with Crippen LogP contribution in [0.15, 0.2) is 48.5 Å². The van der Waals surface area contributed by atoms with Crippen molar-refractivity contribution in [2.75, 3.05) is 24.3 Å². The van der Waals surface area contributed by atoms with Crippen LogP contribution in [-0.2, 0) is 17.4 Å². The summed E-state index contributed by atoms with van der Waals surface area (Å²) in [6.07, 6.45) is -4.36. The SMILES string of the molecule is CN(C)c1ccccc1NC(=O)Cc1ccc(C(F)(F)F)cc1. The van der Waals surface area contributed by atoms with Gasteiger partial charge in [0.2, 0.25) is 5.91 Å². The van der Waals surface area contributed by atoms with Crippen molar-refractivity contribution in [1.29, 1.82) is 0 Å². The summed E-state index contributed by atoms with van der Waals surface area (Å²) in [5.74, 6) is -0.279. The quantitative estimate of drug-likeness (QED) is 0.924. The average molecular weight is 322 g/mol. The minimum absolute atomic E-state index is 0.0138. The van der Waals surface area contributed by atoms with Crippen molar-refractivity contribution in [2.45, 2.75) is 12.6 Å². The van der Waals surface area contributed by atoms with Crippen LogP contribution >= 0.6 is 0 Å². The van der Waals surface area contributed by atoms with Crippen molar-refractivity contribution in [3.63, 3.8) is 0 Å². The summed E-state index contributed by atoms with van der Waals surface area (Å²) in [6, 6.07) is 11.9. The van der Waals surface area contributed by atoms with Gasteiger partial charge in [0.15, 0.2) is 0 Å². The third-order valence-corrected chi connectivity index (χ3v) is 3.31. The van der Waals surface area contributed by atoms with Gasteiger partial charge in [0.1, 0.15) is 0 Å². The number of para-hydroxylation sites is 2. The Morgan fingerprint density at radius 2 is 1.65 bits per heavy atom. The molecule has 2 aromatic carbocycles. The Morgan fingerprint density at radius 3 is 2.22 bits per heavy atom. The van der Waals surface area contributed by atoms with Crippen LogP contribution in [0, 0.1) is 0 Å². The van der Waals surface area contributed by atoms with Gasteiger partial charge >= 0.3 is 6.18 Å². The van der Waals surface area contributed by atoms with Crippen molar-refractivity contribution < 1.29 is 18.0 Å². The summed E-state index contributed by atoms with van der Waals surface area (Å²) in [7, 11) is 3.72. The lowest BCUT2D eigenvalue weighted by Crippen LogP contribution is -2.18. The number of halogens is 3. The zero-order chi connectivity index (χ0) is 17.0. The van der Waals surface area contributed by atoms with Gasteiger partial charge in [-0.1, -0.05) is 24.3 Å². The summed E-state index contributed by atoms with van der Waals surface area (Å²) in [6.45, 7) is 0. The number of nitrogens with one attached hydrogen (secondary N) is 1. The Kier molecular flexibility index (Phi) is 4.93. The first-order valence-corrected chi connectivity index (χ1v) is 6.99. The maximum atomic E-state index is 12.5. The van der Waals surface area contributed by atoms with Crippen molar-refractivity contribution in [2.24, 2.45) is 0 Å². The first kappa shape index (κ1) is 16.9. The molecule has 0 aliphatic carbocycles. The lowest BCUT2D eigenvalue weighted by atomic mass is 10.1. The predicted octanol–water partition coefficient (Wildman–Crippen LogP) is 3.95. The number of hydrogen-bond donors (Lipinski definition) is 1. The van der Waals surface area contributed by atoms with E-state index in [9.17, 15) is 18.0 Å². The Bertz CT molecular complexity index is 679. The fourth-order valence-electron chi connectivity index (χ4n) is 2.16. The molecule has 0 unspecified atom stereocenters. The molecule has 0 fully saturated rings. The van der Waals surface area contributed by atoms with E-state index in [4.69, 9.17) is 0 Å². The number of carbonyl (C=O) groups excluding carboxylic acids is 1. The molecule has 1 amide bonds. The largest absolute Gasteiger partial charge is 0.416 e. The molecule has 122 valence electrons. The van der Waals surface area contributed by atoms with Crippen LogP contribution in [0.25, 0.3) is 0 Å². The maximum absolute atomic E-state index is 12.5. The Hall–Kier alpha value is -2.50. The topological polar surface area (TPSA) is 32.3 Å². The minimum Gasteiger partial charge on any atom is -0.376 e. The van der Waals surface area contributed by atoms with E-state index in [2.05, 4.69) is 5.32 Å². The van der Waals surface area contributed by atoms with Gasteiger partial charge in [-0.3, -0.25) is 4.79 Å². The molecular weight excluding hydrogens is 305 g/mol. The lowest BCUT2D eigenvalue weighted by Gasteiger charge is -2.17. The third kappa shape index (κ3) is 4.48. The van der Waals surface area contributed by atoms with Crippen molar-refractivity contribution in [3.05, 3.63) is 59.7 Å². The second-order valence-electron chi connectivity index (χ2n) is 5.33. The molecule has 0 atom stereocenters. The summed E-state index contributed by atoms with van der Waals surface area (Å²) in [4.78, 5) is 14.0. The van der Waals surface area contributed by atoms with Gasteiger partial charge in [-0.2, -0.15) is 13.2 Å². The Labute approximate surface area is 132 Å². The van der Waals surface area contributed by atoms with Crippen LogP contribution in [0.5, 0.6) is 0 Å². The fourth-order valence-corrected chi connectivity index (χ4v) is 2.16. The first-order valence-electron chi connectivity index (χ1n) is 6.99. The highest BCUT2D eigenvalue weighted by Gasteiger charge is 2.29. The summed E-state index contributed by atoms with van der Waals surface area (Å²) < 4.78 is 37.5. The number of anilines is 2. The van der Waals surface area contributed by atoms with Crippen molar-refractivity contribution >= 4 is 17.3 Å². The third-order valence-electron chi connectivity index (χ3n) is 3.31. The van der Waals surface area contributed by atoms with Gasteiger partial charge in [-0.25, -0.2) is 0 Å². The molecular formula is C17H17F3N2O. The van der Waals surface area contributed by atoms with E-state index in [1.165, 1.54) is 12.1 Å². The van der Waals surface area contributed by atoms with Crippen LogP contribution in [0.2, 0.25) is 0 Å². The number of amides is 1. The summed E-state index contributed by atoms with van der Waals surface area (Å²) in [5.41, 5.74) is 1.32. The predicted molar refractivity (Wildman–Crippen MR) is 84.5 cm³/mol. The normalized spacial score (nSPS) is 11.2.